The van der Waals surface area contributed by atoms with E-state index in [4.69, 9.17) is 4.55 Å². The van der Waals surface area contributed by atoms with E-state index in [9.17, 15) is 8.42 Å². The minimum absolute atomic E-state index is 0. The molecular weight excluding hydrogens is 279 g/mol. The first-order valence-corrected chi connectivity index (χ1v) is 6.73. The van der Waals surface area contributed by atoms with Crippen LogP contribution in [0.5, 0.6) is 0 Å². The van der Waals surface area contributed by atoms with Crippen molar-refractivity contribution in [2.24, 2.45) is 0 Å². The molecule has 0 aliphatic carbocycles. The zero-order valence-electron chi connectivity index (χ0n) is 8.74. The Labute approximate surface area is 134 Å². The minimum atomic E-state index is -4.13. The van der Waals surface area contributed by atoms with Gasteiger partial charge in [-0.25, -0.2) is 0 Å². The molecule has 0 fully saturated rings. The molecule has 6 heteroatoms. The monoisotopic (exact) mass is 290 g/mol. The van der Waals surface area contributed by atoms with Crippen LogP contribution in [0.25, 0.3) is 11.1 Å². The van der Waals surface area contributed by atoms with E-state index in [0.717, 1.165) is 16.0 Å². The van der Waals surface area contributed by atoms with Gasteiger partial charge in [-0.1, -0.05) is 30.3 Å². The van der Waals surface area contributed by atoms with Crippen molar-refractivity contribution in [3.8, 4) is 11.1 Å². The van der Waals surface area contributed by atoms with Crippen LogP contribution >= 0.6 is 12.6 Å². The van der Waals surface area contributed by atoms with Gasteiger partial charge >= 0.3 is 29.6 Å². The first-order chi connectivity index (χ1) is 7.98. The summed E-state index contributed by atoms with van der Waals surface area (Å²) in [5.41, 5.74) is 1.76. The van der Waals surface area contributed by atoms with E-state index in [-0.39, 0.29) is 34.5 Å². The summed E-state index contributed by atoms with van der Waals surface area (Å²) < 4.78 is 30.6. The van der Waals surface area contributed by atoms with E-state index in [2.05, 4.69) is 12.6 Å². The van der Waals surface area contributed by atoms with E-state index < -0.39 is 10.1 Å². The van der Waals surface area contributed by atoms with Gasteiger partial charge in [0.05, 0.1) is 4.90 Å². The van der Waals surface area contributed by atoms with Crippen LogP contribution in [-0.2, 0) is 10.1 Å². The van der Waals surface area contributed by atoms with Gasteiger partial charge < -0.3 is 0 Å². The first-order valence-electron chi connectivity index (χ1n) is 4.84. The predicted molar refractivity (Wildman–Crippen MR) is 76.1 cm³/mol. The molecule has 90 valence electrons. The summed E-state index contributed by atoms with van der Waals surface area (Å²) in [6.07, 6.45) is 0. The summed E-state index contributed by atoms with van der Waals surface area (Å²) in [4.78, 5) is 0.699. The zero-order chi connectivity index (χ0) is 12.5. The molecule has 3 nitrogen and oxygen atoms in total. The fourth-order valence-corrected chi connectivity index (χ4v) is 2.29. The Morgan fingerprint density at radius 1 is 0.944 bits per heavy atom. The van der Waals surface area contributed by atoms with Gasteiger partial charge in [0.25, 0.3) is 10.1 Å². The van der Waals surface area contributed by atoms with E-state index in [1.54, 1.807) is 12.1 Å². The molecule has 0 aromatic heterocycles. The van der Waals surface area contributed by atoms with Crippen LogP contribution < -0.4 is 0 Å². The second kappa shape index (κ2) is 6.23. The SMILES string of the molecule is O=S(=O)(O)c1ccc(-c2ccccc2S)cc1.[NaH]. The van der Waals surface area contributed by atoms with Crippen LogP contribution in [0, 0.1) is 0 Å². The van der Waals surface area contributed by atoms with Crippen molar-refractivity contribution >= 4 is 52.3 Å². The first kappa shape index (κ1) is 15.8. The molecule has 0 spiro atoms. The van der Waals surface area contributed by atoms with Crippen molar-refractivity contribution in [1.29, 1.82) is 0 Å². The van der Waals surface area contributed by atoms with Crippen LogP contribution in [0.15, 0.2) is 58.3 Å². The van der Waals surface area contributed by atoms with Gasteiger partial charge in [-0.05, 0) is 29.3 Å². The number of benzene rings is 2. The molecule has 0 saturated heterocycles. The average molecular weight is 290 g/mol. The third-order valence-electron chi connectivity index (χ3n) is 2.37. The van der Waals surface area contributed by atoms with E-state index in [1.807, 2.05) is 24.3 Å². The summed E-state index contributed by atoms with van der Waals surface area (Å²) in [7, 11) is -4.13. The maximum atomic E-state index is 10.9. The summed E-state index contributed by atoms with van der Waals surface area (Å²) in [5, 5.41) is 0. The predicted octanol–water partition coefficient (Wildman–Crippen LogP) is 2.24. The van der Waals surface area contributed by atoms with Crippen LogP contribution in [-0.4, -0.2) is 42.5 Å². The van der Waals surface area contributed by atoms with Gasteiger partial charge in [0.15, 0.2) is 0 Å². The fourth-order valence-electron chi connectivity index (χ4n) is 1.52. The molecular formula is C12H11NaO3S2. The molecule has 0 aliphatic heterocycles. The van der Waals surface area contributed by atoms with Crippen molar-refractivity contribution in [3.63, 3.8) is 0 Å². The van der Waals surface area contributed by atoms with Gasteiger partial charge in [0, 0.05) is 4.90 Å². The Kier molecular flexibility index (Phi) is 5.46. The maximum absolute atomic E-state index is 10.9. The van der Waals surface area contributed by atoms with E-state index in [1.165, 1.54) is 12.1 Å². The molecule has 0 aliphatic rings. The molecule has 0 heterocycles. The van der Waals surface area contributed by atoms with Crippen LogP contribution in [0.4, 0.5) is 0 Å². The normalized spacial score (nSPS) is 10.8. The second-order valence-corrected chi connectivity index (χ2v) is 5.42. The van der Waals surface area contributed by atoms with Crippen LogP contribution in [0.2, 0.25) is 0 Å². The molecule has 2 aromatic rings. The standard InChI is InChI=1S/C12H10O3S2.Na.H/c13-17(14,15)10-7-5-9(6-8-10)11-3-1-2-4-12(11)16;;/h1-8,16H,(H,13,14,15);;. The molecule has 0 saturated carbocycles. The van der Waals surface area contributed by atoms with Crippen LogP contribution in [0.3, 0.4) is 0 Å². The average Bonchev–Trinajstić information content (AvgIpc) is 2.29. The molecule has 1 N–H and O–H groups in total. The van der Waals surface area contributed by atoms with Crippen molar-refractivity contribution in [2.45, 2.75) is 9.79 Å². The zero-order valence-corrected chi connectivity index (χ0v) is 10.4. The van der Waals surface area contributed by atoms with Crippen molar-refractivity contribution in [1.82, 2.24) is 0 Å². The van der Waals surface area contributed by atoms with Crippen molar-refractivity contribution < 1.29 is 13.0 Å². The van der Waals surface area contributed by atoms with Gasteiger partial charge in [0.2, 0.25) is 0 Å². The Hall–Kier alpha value is -0.300. The summed E-state index contributed by atoms with van der Waals surface area (Å²) in [6.45, 7) is 0. The third-order valence-corrected chi connectivity index (χ3v) is 3.63. The molecule has 0 atom stereocenters. The number of hydrogen-bond donors (Lipinski definition) is 2. The van der Waals surface area contributed by atoms with Gasteiger partial charge in [-0.2, -0.15) is 8.42 Å². The van der Waals surface area contributed by atoms with Gasteiger partial charge in [-0.15, -0.1) is 12.6 Å². The van der Waals surface area contributed by atoms with Crippen molar-refractivity contribution in [2.75, 3.05) is 0 Å². The van der Waals surface area contributed by atoms with Crippen LogP contribution in [0.1, 0.15) is 0 Å². The molecule has 0 unspecified atom stereocenters. The number of rotatable bonds is 2. The number of thiol groups is 1. The Bertz CT molecular complexity index is 637. The summed E-state index contributed by atoms with van der Waals surface area (Å²) >= 11 is 4.32. The van der Waals surface area contributed by atoms with E-state index >= 15 is 0 Å². The van der Waals surface area contributed by atoms with Gasteiger partial charge in [-0.3, -0.25) is 4.55 Å². The molecule has 2 rings (SSSR count). The quantitative estimate of drug-likeness (QED) is 0.507. The Morgan fingerprint density at radius 2 is 1.50 bits per heavy atom. The summed E-state index contributed by atoms with van der Waals surface area (Å²) in [6, 6.07) is 13.5. The van der Waals surface area contributed by atoms with E-state index in [0.29, 0.717) is 0 Å². The molecule has 0 radical (unpaired) electrons. The topological polar surface area (TPSA) is 54.4 Å². The number of hydrogen-bond acceptors (Lipinski definition) is 3. The van der Waals surface area contributed by atoms with Crippen molar-refractivity contribution in [3.05, 3.63) is 48.5 Å². The fraction of sp³-hybridized carbons (Fsp3) is 0. The molecule has 18 heavy (non-hydrogen) atoms. The Balaban J connectivity index is 0.00000162. The molecule has 0 bridgehead atoms. The summed E-state index contributed by atoms with van der Waals surface area (Å²) in [5.74, 6) is 0. The molecule has 2 aromatic carbocycles. The Morgan fingerprint density at radius 3 is 2.00 bits per heavy atom. The third kappa shape index (κ3) is 3.60. The second-order valence-electron chi connectivity index (χ2n) is 3.52. The molecule has 0 amide bonds. The van der Waals surface area contributed by atoms with Gasteiger partial charge in [0.1, 0.15) is 0 Å².